The van der Waals surface area contributed by atoms with E-state index in [0.29, 0.717) is 6.54 Å². The Balaban J connectivity index is 2.55. The molecule has 1 aromatic rings. The van der Waals surface area contributed by atoms with Crippen molar-refractivity contribution >= 4 is 5.91 Å². The van der Waals surface area contributed by atoms with Crippen molar-refractivity contribution in [3.8, 4) is 6.07 Å². The molecule has 5 nitrogen and oxygen atoms in total. The summed E-state index contributed by atoms with van der Waals surface area (Å²) in [5.74, 6) is -0.859. The lowest BCUT2D eigenvalue weighted by molar-refractivity contribution is -0.123. The van der Waals surface area contributed by atoms with Crippen LogP contribution in [0.1, 0.15) is 18.2 Å². The van der Waals surface area contributed by atoms with Gasteiger partial charge < -0.3 is 5.32 Å². The zero-order valence-electron chi connectivity index (χ0n) is 9.11. The normalized spacial score (nSPS) is 11.9. The molecular formula is C10H14N4O. The van der Waals surface area contributed by atoms with E-state index in [9.17, 15) is 4.79 Å². The highest BCUT2D eigenvalue weighted by atomic mass is 16.1. The lowest BCUT2D eigenvalue weighted by atomic mass is 10.2. The van der Waals surface area contributed by atoms with Crippen LogP contribution in [-0.4, -0.2) is 15.7 Å². The fraction of sp³-hybridized carbons (Fsp3) is 0.500. The molecule has 1 amide bonds. The second-order valence-electron chi connectivity index (χ2n) is 3.45. The molecule has 0 aromatic carbocycles. The van der Waals surface area contributed by atoms with E-state index in [1.54, 1.807) is 17.8 Å². The monoisotopic (exact) mass is 206 g/mol. The molecule has 1 aromatic heterocycles. The third-order valence-electron chi connectivity index (χ3n) is 2.38. The van der Waals surface area contributed by atoms with Gasteiger partial charge >= 0.3 is 0 Å². The molecule has 1 atom stereocenters. The van der Waals surface area contributed by atoms with E-state index in [-0.39, 0.29) is 5.91 Å². The molecule has 0 radical (unpaired) electrons. The quantitative estimate of drug-likeness (QED) is 0.783. The highest BCUT2D eigenvalue weighted by Gasteiger charge is 2.11. The summed E-state index contributed by atoms with van der Waals surface area (Å²) in [6.45, 7) is 3.93. The topological polar surface area (TPSA) is 70.7 Å². The maximum absolute atomic E-state index is 11.3. The van der Waals surface area contributed by atoms with Crippen LogP contribution in [0.3, 0.4) is 0 Å². The number of aromatic nitrogens is 2. The minimum atomic E-state index is -0.609. The first kappa shape index (κ1) is 11.2. The summed E-state index contributed by atoms with van der Waals surface area (Å²) in [6, 6.07) is 1.89. The summed E-state index contributed by atoms with van der Waals surface area (Å²) in [5, 5.41) is 15.3. The van der Waals surface area contributed by atoms with Crippen LogP contribution in [0.5, 0.6) is 0 Å². The van der Waals surface area contributed by atoms with Crippen molar-refractivity contribution in [2.45, 2.75) is 20.4 Å². The summed E-state index contributed by atoms with van der Waals surface area (Å²) < 4.78 is 1.75. The zero-order valence-corrected chi connectivity index (χ0v) is 9.11. The maximum Gasteiger partial charge on any atom is 0.237 e. The van der Waals surface area contributed by atoms with E-state index in [2.05, 4.69) is 10.4 Å². The van der Waals surface area contributed by atoms with Crippen LogP contribution in [0.15, 0.2) is 6.20 Å². The number of aryl methyl sites for hydroxylation is 1. The number of amides is 1. The molecule has 0 aliphatic rings. The molecule has 1 heterocycles. The lowest BCUT2D eigenvalue weighted by Crippen LogP contribution is -2.28. The van der Waals surface area contributed by atoms with Gasteiger partial charge in [-0.2, -0.15) is 10.4 Å². The van der Waals surface area contributed by atoms with E-state index < -0.39 is 5.92 Å². The number of nitrogens with zero attached hydrogens (tertiary/aromatic N) is 3. The summed E-state index contributed by atoms with van der Waals surface area (Å²) in [6.07, 6.45) is 1.71. The molecule has 0 aliphatic carbocycles. The van der Waals surface area contributed by atoms with Gasteiger partial charge in [0.2, 0.25) is 5.91 Å². The zero-order chi connectivity index (χ0) is 11.4. The van der Waals surface area contributed by atoms with Gasteiger partial charge in [0, 0.05) is 24.8 Å². The van der Waals surface area contributed by atoms with E-state index in [0.717, 1.165) is 11.3 Å². The molecular weight excluding hydrogens is 192 g/mol. The Kier molecular flexibility index (Phi) is 3.45. The van der Waals surface area contributed by atoms with E-state index >= 15 is 0 Å². The van der Waals surface area contributed by atoms with Gasteiger partial charge in [0.15, 0.2) is 0 Å². The molecule has 0 spiro atoms. The number of rotatable bonds is 3. The van der Waals surface area contributed by atoms with Gasteiger partial charge in [-0.1, -0.05) is 0 Å². The van der Waals surface area contributed by atoms with E-state index in [1.165, 1.54) is 0 Å². The first-order valence-corrected chi connectivity index (χ1v) is 4.71. The van der Waals surface area contributed by atoms with Gasteiger partial charge in [-0.3, -0.25) is 9.48 Å². The fourth-order valence-corrected chi connectivity index (χ4v) is 1.11. The Labute approximate surface area is 88.7 Å². The summed E-state index contributed by atoms with van der Waals surface area (Å²) in [4.78, 5) is 11.3. The van der Waals surface area contributed by atoms with Crippen LogP contribution in [0.4, 0.5) is 0 Å². The Morgan fingerprint density at radius 1 is 1.80 bits per heavy atom. The maximum atomic E-state index is 11.3. The van der Waals surface area contributed by atoms with Crippen molar-refractivity contribution in [2.24, 2.45) is 13.0 Å². The summed E-state index contributed by atoms with van der Waals surface area (Å²) >= 11 is 0. The summed E-state index contributed by atoms with van der Waals surface area (Å²) in [5.41, 5.74) is 1.98. The number of carbonyl (C=O) groups excluding carboxylic acids is 1. The van der Waals surface area contributed by atoms with Crippen molar-refractivity contribution in [3.05, 3.63) is 17.5 Å². The van der Waals surface area contributed by atoms with E-state index in [1.807, 2.05) is 20.0 Å². The SMILES string of the molecule is Cc1c(CNC(=O)C(C)C#N)cnn1C. The van der Waals surface area contributed by atoms with Crippen LogP contribution in [-0.2, 0) is 18.4 Å². The van der Waals surface area contributed by atoms with Crippen LogP contribution >= 0.6 is 0 Å². The first-order chi connectivity index (χ1) is 7.06. The second-order valence-corrected chi connectivity index (χ2v) is 3.45. The Morgan fingerprint density at radius 3 is 2.93 bits per heavy atom. The van der Waals surface area contributed by atoms with Crippen LogP contribution in [0, 0.1) is 24.2 Å². The van der Waals surface area contributed by atoms with Gasteiger partial charge in [0.25, 0.3) is 0 Å². The highest BCUT2D eigenvalue weighted by molar-refractivity contribution is 5.80. The van der Waals surface area contributed by atoms with Gasteiger partial charge in [-0.25, -0.2) is 0 Å². The third kappa shape index (κ3) is 2.56. The van der Waals surface area contributed by atoms with Crippen molar-refractivity contribution in [1.82, 2.24) is 15.1 Å². The molecule has 1 rings (SSSR count). The molecule has 80 valence electrons. The number of nitriles is 1. The molecule has 15 heavy (non-hydrogen) atoms. The number of hydrogen-bond acceptors (Lipinski definition) is 3. The minimum Gasteiger partial charge on any atom is -0.351 e. The van der Waals surface area contributed by atoms with Crippen molar-refractivity contribution in [1.29, 1.82) is 5.26 Å². The largest absolute Gasteiger partial charge is 0.351 e. The molecule has 0 saturated carbocycles. The van der Waals surface area contributed by atoms with Crippen molar-refractivity contribution in [3.63, 3.8) is 0 Å². The molecule has 0 fully saturated rings. The molecule has 5 heteroatoms. The Bertz CT molecular complexity index is 402. The Morgan fingerprint density at radius 2 is 2.47 bits per heavy atom. The smallest absolute Gasteiger partial charge is 0.237 e. The first-order valence-electron chi connectivity index (χ1n) is 4.71. The highest BCUT2D eigenvalue weighted by Crippen LogP contribution is 2.05. The van der Waals surface area contributed by atoms with E-state index in [4.69, 9.17) is 5.26 Å². The minimum absolute atomic E-state index is 0.249. The molecule has 1 unspecified atom stereocenters. The number of hydrogen-bond donors (Lipinski definition) is 1. The molecule has 0 aliphatic heterocycles. The Hall–Kier alpha value is -1.83. The third-order valence-corrected chi connectivity index (χ3v) is 2.38. The van der Waals surface area contributed by atoms with Crippen LogP contribution in [0.2, 0.25) is 0 Å². The van der Waals surface area contributed by atoms with Crippen LogP contribution in [0.25, 0.3) is 0 Å². The molecule has 1 N–H and O–H groups in total. The fourth-order valence-electron chi connectivity index (χ4n) is 1.11. The second kappa shape index (κ2) is 4.60. The average Bonchev–Trinajstić information content (AvgIpc) is 2.55. The predicted molar refractivity (Wildman–Crippen MR) is 54.6 cm³/mol. The van der Waals surface area contributed by atoms with Crippen LogP contribution < -0.4 is 5.32 Å². The number of carbonyl (C=O) groups is 1. The standard InChI is InChI=1S/C10H14N4O/c1-7(4-11)10(15)12-5-9-6-13-14(3)8(9)2/h6-7H,5H2,1-3H3,(H,12,15). The summed E-state index contributed by atoms with van der Waals surface area (Å²) in [7, 11) is 1.85. The molecule has 0 saturated heterocycles. The van der Waals surface area contributed by atoms with Crippen molar-refractivity contribution < 1.29 is 4.79 Å². The van der Waals surface area contributed by atoms with Gasteiger partial charge in [0.1, 0.15) is 5.92 Å². The predicted octanol–water partition coefficient (Wildman–Crippen LogP) is 0.504. The van der Waals surface area contributed by atoms with Gasteiger partial charge in [-0.05, 0) is 13.8 Å². The van der Waals surface area contributed by atoms with Gasteiger partial charge in [-0.15, -0.1) is 0 Å². The average molecular weight is 206 g/mol. The van der Waals surface area contributed by atoms with Crippen molar-refractivity contribution in [2.75, 3.05) is 0 Å². The molecule has 0 bridgehead atoms. The van der Waals surface area contributed by atoms with Gasteiger partial charge in [0.05, 0.1) is 12.3 Å². The lowest BCUT2D eigenvalue weighted by Gasteiger charge is -2.05. The number of nitrogens with one attached hydrogen (secondary N) is 1.